The van der Waals surface area contributed by atoms with Gasteiger partial charge in [-0.2, -0.15) is 0 Å². The Hall–Kier alpha value is -13.7. The van der Waals surface area contributed by atoms with Crippen molar-refractivity contribution >= 4 is 140 Å². The molecule has 0 spiro atoms. The molecule has 43 nitrogen and oxygen atoms in total. The summed E-state index contributed by atoms with van der Waals surface area (Å²) >= 11 is 0.768. The van der Waals surface area contributed by atoms with E-state index in [1.165, 1.54) is 79.6 Å². The van der Waals surface area contributed by atoms with Gasteiger partial charge in [0.05, 0.1) is 25.0 Å². The van der Waals surface area contributed by atoms with Gasteiger partial charge in [0.2, 0.25) is 100 Å². The minimum absolute atomic E-state index is 0.000275. The van der Waals surface area contributed by atoms with Gasteiger partial charge < -0.3 is 125 Å². The lowest BCUT2D eigenvalue weighted by atomic mass is 9.99. The van der Waals surface area contributed by atoms with Crippen molar-refractivity contribution in [2.24, 2.45) is 23.1 Å². The van der Waals surface area contributed by atoms with Gasteiger partial charge in [0.25, 0.3) is 0 Å². The van der Waals surface area contributed by atoms with Gasteiger partial charge in [0.15, 0.2) is 5.96 Å². The number of guanidine groups is 1. The highest BCUT2D eigenvalue weighted by atomic mass is 32.2. The molecule has 3 aliphatic rings. The van der Waals surface area contributed by atoms with Crippen molar-refractivity contribution in [3.63, 3.8) is 0 Å². The second-order valence-electron chi connectivity index (χ2n) is 35.1. The van der Waals surface area contributed by atoms with E-state index < -0.39 is 228 Å². The molecule has 0 bridgehead atoms. The van der Waals surface area contributed by atoms with Crippen LogP contribution < -0.4 is 75.7 Å². The number of fused-ring (bicyclic) bond motifs is 4. The number of aliphatic hydroxyl groups excluding tert-OH is 1. The highest BCUT2D eigenvalue weighted by molar-refractivity contribution is 8.00. The monoisotopic (exact) mass is 1910 g/mol. The van der Waals surface area contributed by atoms with E-state index in [0.717, 1.165) is 21.6 Å². The van der Waals surface area contributed by atoms with Gasteiger partial charge in [-0.3, -0.25) is 86.9 Å². The summed E-state index contributed by atoms with van der Waals surface area (Å²) in [4.78, 5) is 270. The van der Waals surface area contributed by atoms with Gasteiger partial charge >= 0.3 is 0 Å². The number of thioether (sulfide) groups is 1. The molecule has 0 radical (unpaired) electrons. The number of hydrogen-bond acceptors (Lipinski definition) is 22. The number of para-hydroxylation sites is 2. The number of likely N-dealkylation sites (N-methyl/N-ethyl adjacent to an activating group) is 3. The summed E-state index contributed by atoms with van der Waals surface area (Å²) in [6.07, 6.45) is 5.88. The van der Waals surface area contributed by atoms with Gasteiger partial charge in [-0.15, -0.1) is 11.8 Å². The fourth-order valence-electron chi connectivity index (χ4n) is 17.0. The van der Waals surface area contributed by atoms with Crippen LogP contribution in [0.25, 0.3) is 21.8 Å². The summed E-state index contributed by atoms with van der Waals surface area (Å²) in [5.74, 6) is -17.1. The highest BCUT2D eigenvalue weighted by Crippen LogP contribution is 2.28. The summed E-state index contributed by atoms with van der Waals surface area (Å²) in [6, 6.07) is -0.994. The smallest absolute Gasteiger partial charge is 0.246 e. The standard InChI is InChI=1S/C92H130N24O19S/c1-9-11-25-71-84(128)105-62(24-17-34-98-92(95)96)80(124)111-70(79(123)101-47-76(94)120)48-136-49-77(121)103-67(39-53-29-31-57(118)32-30-53)87(131)112(6)52(5)78(122)108-69(43-75(93)119)90(134)116-36-19-28-73(116)86(130)107-65(42-56-46-97-50-102-56)83(127)109-66(38-51(3)4)89(133)115-35-18-27-72(115)85(129)106-64(40-54-44-99-60-22-15-13-20-58(54)60)82(126)104-63(33-37-117)81(125)110-68(41-55-45-100-61-23-16-14-21-59(55)61)88(132)114(8)74(26-12-10-2)91(135)113(71)7/h13-16,20-23,29-32,44-46,50-52,62-74,99-100,117-118H,9-12,17-19,24-28,33-43,47-49H2,1-8H3,(H2,93,119)(H2,94,120)(H,97,102)(H,101,123)(H,103,121)(H,104,126)(H,105,128)(H,106,129)(H,107,130)(H,108,122)(H,109,127)(H,110,125)(H,111,124)(H4,95,96,98)/t52-,62-,63-,64-,65-,66-,67-,68-,69-,70?,71-,72-,73-,74-/m0/s1. The number of aromatic hydroxyl groups is 1. The van der Waals surface area contributed by atoms with Gasteiger partial charge in [-0.25, -0.2) is 4.98 Å². The van der Waals surface area contributed by atoms with E-state index in [2.05, 4.69) is 78.4 Å². The number of primary amides is 2. The van der Waals surface area contributed by atoms with Crippen molar-refractivity contribution in [3.05, 3.63) is 120 Å². The number of nitrogens with zero attached hydrogens (tertiary/aromatic N) is 6. The zero-order chi connectivity index (χ0) is 99.1. The fraction of sp³-hybridized carbons (Fsp3) is 0.533. The van der Waals surface area contributed by atoms with Gasteiger partial charge in [-0.05, 0) is 118 Å². The Bertz CT molecular complexity index is 5220. The Morgan fingerprint density at radius 3 is 1.58 bits per heavy atom. The van der Waals surface area contributed by atoms with Gasteiger partial charge in [0.1, 0.15) is 90.3 Å². The number of carbonyl (C=O) groups is 17. The number of aliphatic hydroxyl groups is 1. The van der Waals surface area contributed by atoms with Crippen LogP contribution in [0.4, 0.5) is 0 Å². The van der Waals surface area contributed by atoms with E-state index in [1.807, 2.05) is 13.8 Å². The molecule has 6 heterocycles. The summed E-state index contributed by atoms with van der Waals surface area (Å²) in [7, 11) is 3.96. The third kappa shape index (κ3) is 29.7. The normalized spacial score (nSPS) is 24.1. The lowest BCUT2D eigenvalue weighted by molar-refractivity contribution is -0.149. The van der Waals surface area contributed by atoms with Crippen molar-refractivity contribution in [3.8, 4) is 5.75 Å². The molecule has 738 valence electrons. The molecule has 0 aliphatic carbocycles. The fourth-order valence-corrected chi connectivity index (χ4v) is 17.8. The van der Waals surface area contributed by atoms with Crippen molar-refractivity contribution in [1.82, 2.24) is 103 Å². The average molecular weight is 1910 g/mol. The Morgan fingerprint density at radius 2 is 1.02 bits per heavy atom. The number of unbranched alkanes of at least 4 members (excludes halogenated alkanes) is 2. The number of aromatic amines is 3. The summed E-state index contributed by atoms with van der Waals surface area (Å²) in [5, 5.41) is 59.8. The lowest BCUT2D eigenvalue weighted by Crippen LogP contribution is -2.61. The third-order valence-electron chi connectivity index (χ3n) is 24.5. The Labute approximate surface area is 791 Å². The van der Waals surface area contributed by atoms with Crippen molar-refractivity contribution in [2.75, 3.05) is 65.4 Å². The number of nitrogens with two attached hydrogens (primary N) is 3. The quantitative estimate of drug-likeness (QED) is 0.0158. The Balaban J connectivity index is 1.10. The number of carbonyl (C=O) groups excluding carboxylic acids is 17. The molecule has 0 saturated carbocycles. The van der Waals surface area contributed by atoms with Crippen LogP contribution in [0.3, 0.4) is 0 Å². The van der Waals surface area contributed by atoms with E-state index in [1.54, 1.807) is 74.8 Å². The van der Waals surface area contributed by atoms with Crippen molar-refractivity contribution < 1.29 is 91.7 Å². The maximum absolute atomic E-state index is 15.8. The van der Waals surface area contributed by atoms with Crippen LogP contribution in [0, 0.1) is 11.3 Å². The molecule has 23 N–H and O–H groups in total. The first-order valence-electron chi connectivity index (χ1n) is 46.0. The Morgan fingerprint density at radius 1 is 0.522 bits per heavy atom. The lowest BCUT2D eigenvalue weighted by Gasteiger charge is -2.36. The summed E-state index contributed by atoms with van der Waals surface area (Å²) < 4.78 is 0. The number of benzene rings is 3. The van der Waals surface area contributed by atoms with Crippen LogP contribution in [0.5, 0.6) is 5.75 Å². The highest BCUT2D eigenvalue weighted by Gasteiger charge is 2.46. The number of phenolic OH excluding ortho intramolecular Hbond substituents is 1. The van der Waals surface area contributed by atoms with E-state index >= 15 is 38.4 Å². The molecule has 3 aromatic heterocycles. The molecule has 44 heteroatoms. The minimum Gasteiger partial charge on any atom is -0.508 e. The van der Waals surface area contributed by atoms with Crippen LogP contribution in [0.15, 0.2) is 97.7 Å². The topological polar surface area (TPSA) is 641 Å². The van der Waals surface area contributed by atoms with Crippen LogP contribution in [-0.2, 0) is 107 Å². The van der Waals surface area contributed by atoms with E-state index in [9.17, 15) is 53.4 Å². The van der Waals surface area contributed by atoms with Crippen molar-refractivity contribution in [2.45, 2.75) is 241 Å². The molecule has 3 fully saturated rings. The molecule has 136 heavy (non-hydrogen) atoms. The molecule has 3 saturated heterocycles. The molecule has 17 amide bonds. The number of rotatable bonds is 27. The maximum Gasteiger partial charge on any atom is 0.246 e. The first-order valence-corrected chi connectivity index (χ1v) is 47.1. The van der Waals surface area contributed by atoms with E-state index in [4.69, 9.17) is 22.6 Å². The number of aromatic nitrogens is 4. The maximum atomic E-state index is 15.8. The molecule has 6 aromatic rings. The second kappa shape index (κ2) is 51.1. The van der Waals surface area contributed by atoms with Crippen LogP contribution >= 0.6 is 11.8 Å². The predicted molar refractivity (Wildman–Crippen MR) is 503 cm³/mol. The molecule has 9 rings (SSSR count). The number of hydrogen-bond donors (Lipinski definition) is 20. The number of nitrogens with one attached hydrogen (secondary N) is 15. The minimum atomic E-state index is -1.76. The zero-order valence-corrected chi connectivity index (χ0v) is 78.8. The van der Waals surface area contributed by atoms with E-state index in [0.29, 0.717) is 69.9 Å². The van der Waals surface area contributed by atoms with Gasteiger partial charge in [-0.1, -0.05) is 102 Å². The molecule has 14 atom stereocenters. The van der Waals surface area contributed by atoms with Crippen LogP contribution in [0.2, 0.25) is 0 Å². The predicted octanol–water partition coefficient (Wildman–Crippen LogP) is -1.51. The second-order valence-corrected chi connectivity index (χ2v) is 36.1. The van der Waals surface area contributed by atoms with Crippen LogP contribution in [0.1, 0.15) is 153 Å². The molecule has 1 unspecified atom stereocenters. The summed E-state index contributed by atoms with van der Waals surface area (Å²) in [6.45, 7) is 7.05. The molecular formula is C92H130N24O19S. The van der Waals surface area contributed by atoms with Gasteiger partial charge in [0, 0.05) is 125 Å². The number of phenols is 1. The average Bonchev–Trinajstić information content (AvgIpc) is 1.38. The number of amides is 17. The first-order chi connectivity index (χ1) is 64.9. The number of H-pyrrole nitrogens is 3. The van der Waals surface area contributed by atoms with E-state index in [-0.39, 0.29) is 115 Å². The Kier molecular flexibility index (Phi) is 39.9. The molecule has 3 aromatic carbocycles. The van der Waals surface area contributed by atoms with Crippen LogP contribution in [-0.4, -0.2) is 311 Å². The summed E-state index contributed by atoms with van der Waals surface area (Å²) in [5.41, 5.74) is 20.0. The SMILES string of the molecule is CCCC[C@H]1C(=O)N(C)[C@@H](CCCC)C(=O)N[C@@H](CCCNC(=N)N)C(=O)NC(C(=O)NCC(N)=O)CSCC(=O)N[C@@H](Cc2ccc(O)cc2)C(=O)N(C)[C@@H](C)C(=O)N[C@@H](CC(N)=O)C(=O)N2CCC[C@H]2C(=O)N[C@@H](Cc2cnc[nH]2)C(=O)N[C@@H](CC(C)C)C(=O)N2CCC[C@H]2C(=O)N[C@@H](Cc2c[nH]c3ccccc23)C(=O)N[C@@H](CCO)C(=O)N[C@@H](Cc2c[nH]c3ccccc23)C(=O)N1C. The number of imidazole rings is 1. The largest absolute Gasteiger partial charge is 0.508 e. The zero-order valence-electron chi connectivity index (χ0n) is 77.9. The third-order valence-corrected chi connectivity index (χ3v) is 25.6. The first kappa shape index (κ1) is 106. The molecule has 3 aliphatic heterocycles. The van der Waals surface area contributed by atoms with Crippen molar-refractivity contribution in [1.29, 1.82) is 5.41 Å². The molecular weight excluding hydrogens is 1780 g/mol.